The van der Waals surface area contributed by atoms with Gasteiger partial charge in [-0.05, 0) is 38.8 Å². The number of methoxy groups -OCH3 is 1. The largest absolute Gasteiger partial charge is 0.467 e. The van der Waals surface area contributed by atoms with E-state index >= 15 is 0 Å². The van der Waals surface area contributed by atoms with Gasteiger partial charge in [0.1, 0.15) is 11.9 Å². The number of urea groups is 1. The lowest BCUT2D eigenvalue weighted by Crippen LogP contribution is -2.46. The molecule has 3 N–H and O–H groups in total. The van der Waals surface area contributed by atoms with Crippen molar-refractivity contribution in [1.29, 1.82) is 0 Å². The summed E-state index contributed by atoms with van der Waals surface area (Å²) in [7, 11) is 1.36. The number of nitrogens with zero attached hydrogens (tertiary/aromatic N) is 2. The van der Waals surface area contributed by atoms with E-state index in [1.807, 2.05) is 58.9 Å². The highest BCUT2D eigenvalue weighted by atomic mass is 16.5. The van der Waals surface area contributed by atoms with Crippen molar-refractivity contribution < 1.29 is 14.3 Å². The zero-order valence-electron chi connectivity index (χ0n) is 17.3. The van der Waals surface area contributed by atoms with Crippen molar-refractivity contribution in [3.8, 4) is 0 Å². The summed E-state index contributed by atoms with van der Waals surface area (Å²) in [4.78, 5) is 33.2. The first kappa shape index (κ1) is 21.4. The zero-order valence-corrected chi connectivity index (χ0v) is 17.3. The lowest BCUT2D eigenvalue weighted by atomic mass is 10.0. The van der Waals surface area contributed by atoms with Gasteiger partial charge in [-0.15, -0.1) is 0 Å². The molecule has 8 heteroatoms. The molecule has 0 saturated heterocycles. The molecule has 2 aromatic rings. The minimum absolute atomic E-state index is 0.000293. The number of hydrogen-bond acceptors (Lipinski definition) is 6. The molecule has 28 heavy (non-hydrogen) atoms. The fourth-order valence-corrected chi connectivity index (χ4v) is 2.63. The number of fused-ring (bicyclic) bond motifs is 1. The number of hydrogen-bond donors (Lipinski definition) is 3. The van der Waals surface area contributed by atoms with Crippen LogP contribution in [0.1, 0.15) is 40.4 Å². The van der Waals surface area contributed by atoms with E-state index in [2.05, 4.69) is 25.9 Å². The zero-order chi connectivity index (χ0) is 20.9. The van der Waals surface area contributed by atoms with E-state index < -0.39 is 6.04 Å². The number of rotatable bonds is 6. The van der Waals surface area contributed by atoms with E-state index in [9.17, 15) is 9.59 Å². The molecule has 0 aliphatic carbocycles. The van der Waals surface area contributed by atoms with Gasteiger partial charge in [-0.25, -0.2) is 19.6 Å². The third-order valence-corrected chi connectivity index (χ3v) is 3.96. The number of amides is 2. The highest BCUT2D eigenvalue weighted by Gasteiger charge is 2.24. The third-order valence-electron chi connectivity index (χ3n) is 3.96. The fraction of sp³-hybridized carbons (Fsp3) is 0.500. The summed E-state index contributed by atoms with van der Waals surface area (Å²) < 4.78 is 4.90. The van der Waals surface area contributed by atoms with E-state index in [0.29, 0.717) is 11.6 Å². The second kappa shape index (κ2) is 8.86. The average molecular weight is 387 g/mol. The minimum Gasteiger partial charge on any atom is -0.467 e. The van der Waals surface area contributed by atoms with E-state index in [0.717, 1.165) is 10.9 Å². The summed E-state index contributed by atoms with van der Waals surface area (Å²) in [5.41, 5.74) is 0.381. The molecule has 1 aromatic carbocycles. The lowest BCUT2D eigenvalue weighted by molar-refractivity contribution is -0.142. The van der Waals surface area contributed by atoms with Gasteiger partial charge < -0.3 is 20.7 Å². The normalized spacial score (nSPS) is 12.5. The number of esters is 1. The number of ether oxygens (including phenoxy) is 1. The molecule has 0 fully saturated rings. The Hall–Kier alpha value is -2.90. The SMILES string of the molecule is COC(=O)[C@@H](Nc1nc(CNC(=O)NC(C)(C)C)nc2ccccc12)C(C)C. The lowest BCUT2D eigenvalue weighted by Gasteiger charge is -2.22. The van der Waals surface area contributed by atoms with Gasteiger partial charge in [0, 0.05) is 10.9 Å². The maximum atomic E-state index is 12.1. The van der Waals surface area contributed by atoms with Crippen molar-refractivity contribution in [3.05, 3.63) is 30.1 Å². The maximum absolute atomic E-state index is 12.1. The van der Waals surface area contributed by atoms with Crippen LogP contribution in [0.4, 0.5) is 10.6 Å². The molecular weight excluding hydrogens is 358 g/mol. The maximum Gasteiger partial charge on any atom is 0.328 e. The Labute approximate surface area is 165 Å². The number of anilines is 1. The van der Waals surface area contributed by atoms with Crippen LogP contribution in [0.25, 0.3) is 10.9 Å². The monoisotopic (exact) mass is 387 g/mol. The topological polar surface area (TPSA) is 105 Å². The fourth-order valence-electron chi connectivity index (χ4n) is 2.63. The second-order valence-electron chi connectivity index (χ2n) is 7.95. The van der Waals surface area contributed by atoms with Crippen LogP contribution >= 0.6 is 0 Å². The van der Waals surface area contributed by atoms with Gasteiger partial charge in [-0.1, -0.05) is 26.0 Å². The van der Waals surface area contributed by atoms with E-state index in [1.54, 1.807) is 0 Å². The summed E-state index contributed by atoms with van der Waals surface area (Å²) in [5, 5.41) is 9.57. The van der Waals surface area contributed by atoms with Crippen molar-refractivity contribution in [2.24, 2.45) is 5.92 Å². The van der Waals surface area contributed by atoms with Crippen LogP contribution in [0.2, 0.25) is 0 Å². The van der Waals surface area contributed by atoms with Gasteiger partial charge in [0.15, 0.2) is 5.82 Å². The van der Waals surface area contributed by atoms with Crippen molar-refractivity contribution in [3.63, 3.8) is 0 Å². The van der Waals surface area contributed by atoms with Crippen LogP contribution in [0.3, 0.4) is 0 Å². The van der Waals surface area contributed by atoms with Crippen molar-refractivity contribution in [2.75, 3.05) is 12.4 Å². The van der Waals surface area contributed by atoms with Gasteiger partial charge in [0.25, 0.3) is 0 Å². The molecule has 0 spiro atoms. The first-order valence-corrected chi connectivity index (χ1v) is 9.26. The molecule has 0 bridgehead atoms. The molecule has 152 valence electrons. The minimum atomic E-state index is -0.548. The molecule has 2 amide bonds. The van der Waals surface area contributed by atoms with Crippen LogP contribution < -0.4 is 16.0 Å². The number of aromatic nitrogens is 2. The summed E-state index contributed by atoms with van der Waals surface area (Å²) in [5.74, 6) is 0.614. The smallest absolute Gasteiger partial charge is 0.328 e. The van der Waals surface area contributed by atoms with E-state index in [1.165, 1.54) is 7.11 Å². The molecule has 8 nitrogen and oxygen atoms in total. The highest BCUT2D eigenvalue weighted by Crippen LogP contribution is 2.22. The Balaban J connectivity index is 2.29. The van der Waals surface area contributed by atoms with E-state index in [-0.39, 0.29) is 30.0 Å². The van der Waals surface area contributed by atoms with Crippen LogP contribution in [0, 0.1) is 5.92 Å². The molecule has 0 aliphatic heterocycles. The predicted octanol–water partition coefficient (Wildman–Crippen LogP) is 2.84. The van der Waals surface area contributed by atoms with Gasteiger partial charge in [0.2, 0.25) is 0 Å². The van der Waals surface area contributed by atoms with Crippen LogP contribution in [0.5, 0.6) is 0 Å². The first-order valence-electron chi connectivity index (χ1n) is 9.26. The molecule has 0 unspecified atom stereocenters. The molecule has 2 rings (SSSR count). The van der Waals surface area contributed by atoms with E-state index in [4.69, 9.17) is 4.74 Å². The Kier molecular flexibility index (Phi) is 6.77. The van der Waals surface area contributed by atoms with Gasteiger partial charge >= 0.3 is 12.0 Å². The summed E-state index contributed by atoms with van der Waals surface area (Å²) >= 11 is 0. The molecule has 0 saturated carbocycles. The predicted molar refractivity (Wildman–Crippen MR) is 109 cm³/mol. The van der Waals surface area contributed by atoms with Gasteiger partial charge in [-0.3, -0.25) is 0 Å². The van der Waals surface area contributed by atoms with Gasteiger partial charge in [-0.2, -0.15) is 0 Å². The Morgan fingerprint density at radius 2 is 1.82 bits per heavy atom. The molecule has 0 aliphatic rings. The average Bonchev–Trinajstić information content (AvgIpc) is 2.62. The number of para-hydroxylation sites is 1. The number of carbonyl (C=O) groups is 2. The number of carbonyl (C=O) groups excluding carboxylic acids is 2. The quantitative estimate of drug-likeness (QED) is 0.658. The summed E-state index contributed by atoms with van der Waals surface area (Å²) in [6, 6.07) is 6.66. The van der Waals surface area contributed by atoms with Crippen molar-refractivity contribution >= 4 is 28.7 Å². The number of benzene rings is 1. The number of nitrogens with one attached hydrogen (secondary N) is 3. The third kappa shape index (κ3) is 5.80. The highest BCUT2D eigenvalue weighted by molar-refractivity contribution is 5.91. The van der Waals surface area contributed by atoms with Crippen LogP contribution in [0.15, 0.2) is 24.3 Å². The second-order valence-corrected chi connectivity index (χ2v) is 7.95. The Morgan fingerprint density at radius 1 is 1.14 bits per heavy atom. The molecule has 1 atom stereocenters. The van der Waals surface area contributed by atoms with Crippen LogP contribution in [-0.4, -0.2) is 40.7 Å². The van der Waals surface area contributed by atoms with Crippen molar-refractivity contribution in [2.45, 2.75) is 52.7 Å². The first-order chi connectivity index (χ1) is 13.1. The van der Waals surface area contributed by atoms with Crippen LogP contribution in [-0.2, 0) is 16.1 Å². The molecular formula is C20H29N5O3. The molecule has 1 heterocycles. The summed E-state index contributed by atoms with van der Waals surface area (Å²) in [6.07, 6.45) is 0. The Bertz CT molecular complexity index is 845. The summed E-state index contributed by atoms with van der Waals surface area (Å²) in [6.45, 7) is 9.72. The molecule has 1 aromatic heterocycles. The standard InChI is InChI=1S/C20H29N5O3/c1-12(2)16(18(26)28-6)24-17-13-9-7-8-10-14(13)22-15(23-17)11-21-19(27)25-20(3,4)5/h7-10,12,16H,11H2,1-6H3,(H2,21,25,27)(H,22,23,24)/t16-/m0/s1. The Morgan fingerprint density at radius 3 is 2.43 bits per heavy atom. The van der Waals surface area contributed by atoms with Crippen molar-refractivity contribution in [1.82, 2.24) is 20.6 Å². The molecule has 0 radical (unpaired) electrons. The van der Waals surface area contributed by atoms with Gasteiger partial charge in [0.05, 0.1) is 19.2 Å².